The molecule has 6 N–H and O–H groups in total. The summed E-state index contributed by atoms with van der Waals surface area (Å²) in [5.41, 5.74) is 5.02. The largest absolute Gasteiger partial charge is 0.477 e. The van der Waals surface area contributed by atoms with Gasteiger partial charge in [-0.05, 0) is 6.92 Å². The Bertz CT molecular complexity index is 1270. The summed E-state index contributed by atoms with van der Waals surface area (Å²) in [6, 6.07) is -1.11. The van der Waals surface area contributed by atoms with Gasteiger partial charge in [0.05, 0.1) is 0 Å². The second-order valence-corrected chi connectivity index (χ2v) is 9.72. The molecule has 4 rings (SSSR count). The van der Waals surface area contributed by atoms with Crippen molar-refractivity contribution >= 4 is 63.7 Å². The molecule has 0 aliphatic carbocycles. The zero-order chi connectivity index (χ0) is 27.6. The van der Waals surface area contributed by atoms with Crippen molar-refractivity contribution < 1.29 is 28.7 Å². The van der Waals surface area contributed by atoms with Crippen LogP contribution < -0.4 is 16.9 Å². The third-order valence-corrected chi connectivity index (χ3v) is 7.70. The summed E-state index contributed by atoms with van der Waals surface area (Å²) in [5, 5.41) is 19.1. The van der Waals surface area contributed by atoms with Gasteiger partial charge in [0.15, 0.2) is 11.0 Å². The van der Waals surface area contributed by atoms with E-state index in [4.69, 9.17) is 11.6 Å². The predicted molar refractivity (Wildman–Crippen MR) is 137 cm³/mol. The first-order valence-electron chi connectivity index (χ1n) is 11.1. The van der Waals surface area contributed by atoms with Crippen LogP contribution in [0.3, 0.4) is 0 Å². The fraction of sp³-hybridized carbons (Fsp3) is 0.474. The van der Waals surface area contributed by atoms with Crippen LogP contribution in [-0.4, -0.2) is 115 Å². The molecule has 0 saturated carbocycles. The molecule has 1 aromatic rings. The SMILES string of the molecule is CCN1CCN(C(=NN)C2=C(C(=O)O)N3C(=O)C(NC(=O)C(=NOCF)c4nsc(N)n4)C3SC2)C1=NC. The van der Waals surface area contributed by atoms with Crippen LogP contribution in [0.5, 0.6) is 0 Å². The Kier molecular flexibility index (Phi) is 7.95. The summed E-state index contributed by atoms with van der Waals surface area (Å²) in [6.45, 7) is 2.44. The molecule has 3 aliphatic rings. The highest BCUT2D eigenvalue weighted by atomic mass is 32.2. The molecular formula is C19H24FN11O5S2. The van der Waals surface area contributed by atoms with E-state index >= 15 is 0 Å². The van der Waals surface area contributed by atoms with E-state index in [2.05, 4.69) is 34.8 Å². The summed E-state index contributed by atoms with van der Waals surface area (Å²) in [6.07, 6.45) is 0. The van der Waals surface area contributed by atoms with Gasteiger partial charge in [-0.1, -0.05) is 5.16 Å². The zero-order valence-corrected chi connectivity index (χ0v) is 21.8. The summed E-state index contributed by atoms with van der Waals surface area (Å²) < 4.78 is 16.4. The number of thioether (sulfide) groups is 1. The van der Waals surface area contributed by atoms with Crippen molar-refractivity contribution in [1.29, 1.82) is 0 Å². The number of fused-ring (bicyclic) bond motifs is 1. The number of halogens is 1. The summed E-state index contributed by atoms with van der Waals surface area (Å²) in [4.78, 5) is 55.6. The number of β-lactam (4-membered cyclic amide) rings is 1. The van der Waals surface area contributed by atoms with Crippen molar-refractivity contribution in [3.63, 3.8) is 0 Å². The van der Waals surface area contributed by atoms with Gasteiger partial charge < -0.3 is 31.7 Å². The number of aromatic nitrogens is 2. The van der Waals surface area contributed by atoms with Crippen LogP contribution in [0.1, 0.15) is 12.7 Å². The Hall–Kier alpha value is -4.00. The average Bonchev–Trinajstić information content (AvgIpc) is 3.53. The number of hydrogen-bond donors (Lipinski definition) is 4. The molecule has 0 radical (unpaired) electrons. The molecule has 38 heavy (non-hydrogen) atoms. The van der Waals surface area contributed by atoms with E-state index < -0.39 is 41.8 Å². The van der Waals surface area contributed by atoms with Crippen LogP contribution in [0, 0.1) is 0 Å². The number of hydrogen-bond acceptors (Lipinski definition) is 13. The number of nitrogens with two attached hydrogens (primary N) is 2. The molecule has 1 aromatic heterocycles. The van der Waals surface area contributed by atoms with E-state index in [1.807, 2.05) is 11.8 Å². The van der Waals surface area contributed by atoms with Gasteiger partial charge in [-0.3, -0.25) is 24.4 Å². The Labute approximate surface area is 223 Å². The number of nitrogens with zero attached hydrogens (tertiary/aromatic N) is 8. The molecule has 2 unspecified atom stereocenters. The summed E-state index contributed by atoms with van der Waals surface area (Å²) >= 11 is 2.00. The number of aliphatic carboxylic acids is 1. The first-order chi connectivity index (χ1) is 18.3. The fourth-order valence-corrected chi connectivity index (χ4v) is 6.04. The Morgan fingerprint density at radius 1 is 1.37 bits per heavy atom. The van der Waals surface area contributed by atoms with Crippen LogP contribution in [0.2, 0.25) is 0 Å². The van der Waals surface area contributed by atoms with E-state index in [-0.39, 0.29) is 33.8 Å². The van der Waals surface area contributed by atoms with Crippen LogP contribution in [0.15, 0.2) is 26.5 Å². The minimum Gasteiger partial charge on any atom is -0.477 e. The maximum absolute atomic E-state index is 13.1. The van der Waals surface area contributed by atoms with Crippen LogP contribution in [0.4, 0.5) is 9.52 Å². The number of likely N-dealkylation sites (N-methyl/N-ethyl adjacent to an activating group) is 1. The highest BCUT2D eigenvalue weighted by Crippen LogP contribution is 2.41. The number of aliphatic imine (C=N–C) groups is 1. The number of anilines is 1. The minimum absolute atomic E-state index is 0.0342. The number of nitrogen functional groups attached to an aromatic ring is 1. The van der Waals surface area contributed by atoms with Crippen molar-refractivity contribution in [2.45, 2.75) is 18.3 Å². The number of carboxylic acids is 1. The van der Waals surface area contributed by atoms with Gasteiger partial charge in [-0.2, -0.15) is 14.5 Å². The Morgan fingerprint density at radius 3 is 2.71 bits per heavy atom. The van der Waals surface area contributed by atoms with Gasteiger partial charge in [-0.15, -0.1) is 11.8 Å². The third kappa shape index (κ3) is 4.69. The van der Waals surface area contributed by atoms with Gasteiger partial charge in [0.1, 0.15) is 17.1 Å². The van der Waals surface area contributed by atoms with E-state index in [1.165, 1.54) is 11.8 Å². The number of alkyl halides is 1. The quantitative estimate of drug-likeness (QED) is 0.0915. The number of carboxylic acid groups (broad SMARTS) is 1. The topological polar surface area (TPSA) is 217 Å². The molecule has 204 valence electrons. The second-order valence-electron chi connectivity index (χ2n) is 7.84. The number of guanidine groups is 1. The molecule has 2 atom stereocenters. The van der Waals surface area contributed by atoms with Crippen molar-refractivity contribution in [3.8, 4) is 0 Å². The lowest BCUT2D eigenvalue weighted by Gasteiger charge is -2.49. The molecule has 16 nitrogen and oxygen atoms in total. The van der Waals surface area contributed by atoms with Crippen molar-refractivity contribution in [2.24, 2.45) is 21.1 Å². The van der Waals surface area contributed by atoms with Gasteiger partial charge in [0.2, 0.25) is 17.5 Å². The van der Waals surface area contributed by atoms with Crippen LogP contribution in [-0.2, 0) is 19.2 Å². The summed E-state index contributed by atoms with van der Waals surface area (Å²) in [5.74, 6) is 3.44. The van der Waals surface area contributed by atoms with Gasteiger partial charge in [0, 0.05) is 49.5 Å². The second kappa shape index (κ2) is 11.2. The minimum atomic E-state index is -1.35. The van der Waals surface area contributed by atoms with E-state index in [1.54, 1.807) is 11.9 Å². The first-order valence-corrected chi connectivity index (χ1v) is 12.9. The lowest BCUT2D eigenvalue weighted by Crippen LogP contribution is -2.71. The number of rotatable bonds is 8. The smallest absolute Gasteiger partial charge is 0.353 e. The molecule has 19 heteroatoms. The normalized spacial score (nSPS) is 23.1. The molecular weight excluding hydrogens is 545 g/mol. The lowest BCUT2D eigenvalue weighted by atomic mass is 10.0. The number of amidine groups is 1. The van der Waals surface area contributed by atoms with Crippen molar-refractivity contribution in [3.05, 3.63) is 17.1 Å². The maximum atomic E-state index is 13.1. The fourth-order valence-electron chi connectivity index (χ4n) is 4.27. The Morgan fingerprint density at radius 2 is 2.13 bits per heavy atom. The van der Waals surface area contributed by atoms with E-state index in [0.717, 1.165) is 16.4 Å². The van der Waals surface area contributed by atoms with Gasteiger partial charge >= 0.3 is 5.97 Å². The molecule has 2 amide bonds. The highest BCUT2D eigenvalue weighted by Gasteiger charge is 2.55. The van der Waals surface area contributed by atoms with Crippen LogP contribution in [0.25, 0.3) is 0 Å². The van der Waals surface area contributed by atoms with E-state index in [9.17, 15) is 23.9 Å². The van der Waals surface area contributed by atoms with Crippen molar-refractivity contribution in [1.82, 2.24) is 29.4 Å². The number of nitrogens with one attached hydrogen (secondary N) is 1. The molecule has 4 heterocycles. The van der Waals surface area contributed by atoms with Gasteiger partial charge in [0.25, 0.3) is 18.7 Å². The summed E-state index contributed by atoms with van der Waals surface area (Å²) in [7, 11) is 1.61. The lowest BCUT2D eigenvalue weighted by molar-refractivity contribution is -0.150. The monoisotopic (exact) mass is 569 g/mol. The predicted octanol–water partition coefficient (Wildman–Crippen LogP) is -1.60. The molecule has 0 spiro atoms. The highest BCUT2D eigenvalue weighted by molar-refractivity contribution is 8.00. The van der Waals surface area contributed by atoms with Crippen LogP contribution >= 0.6 is 23.3 Å². The Balaban J connectivity index is 1.59. The van der Waals surface area contributed by atoms with Gasteiger partial charge in [-0.25, -0.2) is 9.18 Å². The molecule has 0 aromatic carbocycles. The molecule has 2 saturated heterocycles. The molecule has 3 aliphatic heterocycles. The third-order valence-electron chi connectivity index (χ3n) is 5.88. The number of oxime groups is 1. The number of hydrazone groups is 1. The maximum Gasteiger partial charge on any atom is 0.353 e. The molecule has 2 fully saturated rings. The number of carbonyl (C=O) groups excluding carboxylic acids is 2. The zero-order valence-electron chi connectivity index (χ0n) is 20.2. The van der Waals surface area contributed by atoms with E-state index in [0.29, 0.717) is 25.6 Å². The number of carbonyl (C=O) groups is 3. The first kappa shape index (κ1) is 27.0. The number of amides is 2. The molecule has 0 bridgehead atoms. The average molecular weight is 570 g/mol. The standard InChI is InChI=1S/C19H24FN11O5S2/c1-3-29-4-5-30(19(29)23-2)13(26-22)8-6-37-16-10(15(33)31(16)11(8)17(34)35)24-14(32)9(27-36-7-20)12-25-18(21)38-28-12/h10,16H,3-7,22H2,1-2H3,(H,24,32)(H,34,35)(H2,21,25,28). The van der Waals surface area contributed by atoms with Crippen molar-refractivity contribution in [2.75, 3.05) is 45.0 Å².